The normalized spacial score (nSPS) is 21.9. The number of halogens is 1. The van der Waals surface area contributed by atoms with Gasteiger partial charge in [-0.05, 0) is 18.2 Å². The van der Waals surface area contributed by atoms with E-state index in [1.165, 1.54) is 0 Å². The van der Waals surface area contributed by atoms with E-state index in [2.05, 4.69) is 15.9 Å². The molecule has 0 aromatic heterocycles. The first-order valence-electron chi connectivity index (χ1n) is 4.08. The van der Waals surface area contributed by atoms with Gasteiger partial charge in [-0.25, -0.2) is 0 Å². The second-order valence-corrected chi connectivity index (χ2v) is 3.59. The summed E-state index contributed by atoms with van der Waals surface area (Å²) in [7, 11) is 0. The molecule has 0 aromatic carbocycles. The molecule has 0 amide bonds. The Balaban J connectivity index is 2.64. The smallest absolute Gasteiger partial charge is 0.120 e. The van der Waals surface area contributed by atoms with E-state index in [9.17, 15) is 0 Å². The molecule has 1 atom stereocenters. The molecule has 72 valence electrons. The Morgan fingerprint density at radius 2 is 2.31 bits per heavy atom. The Labute approximate surface area is 86.2 Å². The average Bonchev–Trinajstić information content (AvgIpc) is 2.23. The van der Waals surface area contributed by atoms with Gasteiger partial charge in [0, 0.05) is 17.1 Å². The van der Waals surface area contributed by atoms with Crippen molar-refractivity contribution in [2.45, 2.75) is 6.04 Å². The van der Waals surface area contributed by atoms with Crippen molar-refractivity contribution in [3.8, 4) is 0 Å². The molecule has 0 radical (unpaired) electrons. The first-order chi connectivity index (χ1) is 6.22. The van der Waals surface area contributed by atoms with Crippen molar-refractivity contribution >= 4 is 15.9 Å². The molecular formula is C9H13BrN2O. The van der Waals surface area contributed by atoms with Crippen LogP contribution in [0.5, 0.6) is 0 Å². The van der Waals surface area contributed by atoms with E-state index in [0.717, 1.165) is 10.2 Å². The molecule has 0 aromatic rings. The first kappa shape index (κ1) is 10.5. The summed E-state index contributed by atoms with van der Waals surface area (Å²) in [6.45, 7) is 1.03. The number of nitrogens with two attached hydrogens (primary N) is 2. The standard InChI is InChI=1S/C9H13BrN2O/c10-7-5-8(12)1-2-9(6-7)13-4-3-11/h1-2,5-6,8H,3-4,11-12H2/t8-/m0/s1. The van der Waals surface area contributed by atoms with Crippen LogP contribution >= 0.6 is 15.9 Å². The summed E-state index contributed by atoms with van der Waals surface area (Å²) in [5, 5.41) is 0. The van der Waals surface area contributed by atoms with Crippen molar-refractivity contribution in [1.29, 1.82) is 0 Å². The number of rotatable bonds is 3. The van der Waals surface area contributed by atoms with Crippen LogP contribution in [0.4, 0.5) is 0 Å². The van der Waals surface area contributed by atoms with Gasteiger partial charge in [0.2, 0.25) is 0 Å². The zero-order chi connectivity index (χ0) is 9.68. The third-order valence-electron chi connectivity index (χ3n) is 1.50. The molecule has 1 aliphatic rings. The highest BCUT2D eigenvalue weighted by molar-refractivity contribution is 9.11. The summed E-state index contributed by atoms with van der Waals surface area (Å²) in [5.41, 5.74) is 11.0. The molecule has 0 heterocycles. The van der Waals surface area contributed by atoms with E-state index in [1.54, 1.807) is 0 Å². The van der Waals surface area contributed by atoms with Crippen molar-refractivity contribution in [1.82, 2.24) is 0 Å². The Hall–Kier alpha value is -0.580. The minimum Gasteiger partial charge on any atom is -0.492 e. The van der Waals surface area contributed by atoms with Crippen LogP contribution in [0.1, 0.15) is 0 Å². The lowest BCUT2D eigenvalue weighted by Crippen LogP contribution is -2.12. The molecule has 0 spiro atoms. The van der Waals surface area contributed by atoms with Gasteiger partial charge in [-0.2, -0.15) is 0 Å². The van der Waals surface area contributed by atoms with Crippen LogP contribution in [0.2, 0.25) is 0 Å². The predicted molar refractivity (Wildman–Crippen MR) is 57.2 cm³/mol. The summed E-state index contributed by atoms with van der Waals surface area (Å²) in [5.74, 6) is 0.779. The average molecular weight is 245 g/mol. The summed E-state index contributed by atoms with van der Waals surface area (Å²) in [6, 6.07) is -0.0652. The van der Waals surface area contributed by atoms with Crippen LogP contribution in [0.15, 0.2) is 34.5 Å². The zero-order valence-electron chi connectivity index (χ0n) is 7.24. The van der Waals surface area contributed by atoms with E-state index in [4.69, 9.17) is 16.2 Å². The van der Waals surface area contributed by atoms with Gasteiger partial charge in [-0.1, -0.05) is 22.0 Å². The second kappa shape index (κ2) is 5.21. The summed E-state index contributed by atoms with van der Waals surface area (Å²) in [6.07, 6.45) is 7.50. The molecule has 0 bridgehead atoms. The minimum atomic E-state index is -0.0652. The lowest BCUT2D eigenvalue weighted by atomic mass is 10.3. The Morgan fingerprint density at radius 3 is 3.00 bits per heavy atom. The van der Waals surface area contributed by atoms with E-state index < -0.39 is 0 Å². The fourth-order valence-electron chi connectivity index (χ4n) is 0.944. The second-order valence-electron chi connectivity index (χ2n) is 2.67. The van der Waals surface area contributed by atoms with Gasteiger partial charge in [0.05, 0.1) is 0 Å². The van der Waals surface area contributed by atoms with Crippen LogP contribution in [0, 0.1) is 0 Å². The van der Waals surface area contributed by atoms with Gasteiger partial charge in [-0.15, -0.1) is 0 Å². The first-order valence-corrected chi connectivity index (χ1v) is 4.87. The lowest BCUT2D eigenvalue weighted by molar-refractivity contribution is 0.234. The molecule has 3 nitrogen and oxygen atoms in total. The van der Waals surface area contributed by atoms with Crippen LogP contribution in [-0.4, -0.2) is 19.2 Å². The third kappa shape index (κ3) is 3.76. The number of ether oxygens (including phenoxy) is 1. The molecule has 1 aliphatic carbocycles. The van der Waals surface area contributed by atoms with Gasteiger partial charge in [0.15, 0.2) is 0 Å². The third-order valence-corrected chi connectivity index (χ3v) is 1.99. The molecule has 13 heavy (non-hydrogen) atoms. The van der Waals surface area contributed by atoms with E-state index in [-0.39, 0.29) is 6.04 Å². The largest absolute Gasteiger partial charge is 0.492 e. The number of allylic oxidation sites excluding steroid dienone is 3. The molecule has 0 unspecified atom stereocenters. The van der Waals surface area contributed by atoms with Gasteiger partial charge in [-0.3, -0.25) is 0 Å². The van der Waals surface area contributed by atoms with Crippen LogP contribution in [-0.2, 0) is 4.74 Å². The molecule has 4 N–H and O–H groups in total. The molecule has 0 saturated heterocycles. The van der Waals surface area contributed by atoms with Gasteiger partial charge in [0.1, 0.15) is 12.4 Å². The Morgan fingerprint density at radius 1 is 1.54 bits per heavy atom. The van der Waals surface area contributed by atoms with Crippen molar-refractivity contribution in [3.05, 3.63) is 34.5 Å². The molecule has 0 saturated carbocycles. The predicted octanol–water partition coefficient (Wildman–Crippen LogP) is 1.02. The summed E-state index contributed by atoms with van der Waals surface area (Å²) in [4.78, 5) is 0. The highest BCUT2D eigenvalue weighted by Gasteiger charge is 2.02. The molecule has 0 aliphatic heterocycles. The molecule has 4 heteroatoms. The highest BCUT2D eigenvalue weighted by Crippen LogP contribution is 2.16. The SMILES string of the molecule is NCCOC1=CC(Br)=C[C@@H](N)C=C1. The van der Waals surface area contributed by atoms with Crippen LogP contribution in [0.3, 0.4) is 0 Å². The Kier molecular flexibility index (Phi) is 4.21. The van der Waals surface area contributed by atoms with Gasteiger partial charge < -0.3 is 16.2 Å². The van der Waals surface area contributed by atoms with E-state index >= 15 is 0 Å². The van der Waals surface area contributed by atoms with Crippen LogP contribution in [0.25, 0.3) is 0 Å². The summed E-state index contributed by atoms with van der Waals surface area (Å²) < 4.78 is 6.28. The monoisotopic (exact) mass is 244 g/mol. The lowest BCUT2D eigenvalue weighted by Gasteiger charge is -2.03. The molecular weight excluding hydrogens is 232 g/mol. The van der Waals surface area contributed by atoms with Crippen molar-refractivity contribution in [3.63, 3.8) is 0 Å². The maximum absolute atomic E-state index is 5.71. The maximum Gasteiger partial charge on any atom is 0.120 e. The fraction of sp³-hybridized carbons (Fsp3) is 0.333. The maximum atomic E-state index is 5.71. The number of hydrogen-bond acceptors (Lipinski definition) is 3. The van der Waals surface area contributed by atoms with Crippen molar-refractivity contribution in [2.24, 2.45) is 11.5 Å². The fourth-order valence-corrected chi connectivity index (χ4v) is 1.47. The highest BCUT2D eigenvalue weighted by atomic mass is 79.9. The quantitative estimate of drug-likeness (QED) is 0.780. The van der Waals surface area contributed by atoms with Crippen LogP contribution < -0.4 is 11.5 Å². The molecule has 1 rings (SSSR count). The number of hydrogen-bond donors (Lipinski definition) is 2. The van der Waals surface area contributed by atoms with Crippen molar-refractivity contribution in [2.75, 3.05) is 13.2 Å². The topological polar surface area (TPSA) is 61.3 Å². The van der Waals surface area contributed by atoms with E-state index in [0.29, 0.717) is 13.2 Å². The Bertz CT molecular complexity index is 258. The summed E-state index contributed by atoms with van der Waals surface area (Å²) >= 11 is 3.36. The zero-order valence-corrected chi connectivity index (χ0v) is 8.83. The minimum absolute atomic E-state index is 0.0652. The molecule has 0 fully saturated rings. The van der Waals surface area contributed by atoms with Gasteiger partial charge in [0.25, 0.3) is 0 Å². The van der Waals surface area contributed by atoms with Gasteiger partial charge >= 0.3 is 0 Å². The van der Waals surface area contributed by atoms with E-state index in [1.807, 2.05) is 24.3 Å². The van der Waals surface area contributed by atoms with Crippen molar-refractivity contribution < 1.29 is 4.74 Å².